The van der Waals surface area contributed by atoms with Gasteiger partial charge in [0, 0.05) is 6.61 Å². The summed E-state index contributed by atoms with van der Waals surface area (Å²) in [4.78, 5) is 37.8. The molecular weight excluding hydrogens is 260 g/mol. The lowest BCUT2D eigenvalue weighted by molar-refractivity contribution is -0.152. The highest BCUT2D eigenvalue weighted by Gasteiger charge is 2.55. The number of nitrogens with one attached hydrogen (secondary N) is 1. The summed E-state index contributed by atoms with van der Waals surface area (Å²) in [7, 11) is 0. The molecular formula is C14H20N2O4. The van der Waals surface area contributed by atoms with E-state index in [2.05, 4.69) is 5.32 Å². The number of amides is 4. The lowest BCUT2D eigenvalue weighted by Crippen LogP contribution is -2.64. The van der Waals surface area contributed by atoms with Crippen molar-refractivity contribution in [3.63, 3.8) is 0 Å². The van der Waals surface area contributed by atoms with Crippen molar-refractivity contribution in [1.29, 1.82) is 0 Å². The zero-order valence-electron chi connectivity index (χ0n) is 11.5. The average Bonchev–Trinajstić information content (AvgIpc) is 2.94. The van der Waals surface area contributed by atoms with Gasteiger partial charge in [-0.05, 0) is 32.1 Å². The number of carbonyl (C=O) groups excluding carboxylic acids is 3. The normalized spacial score (nSPS) is 29.9. The molecule has 6 nitrogen and oxygen atoms in total. The van der Waals surface area contributed by atoms with Crippen LogP contribution in [0.25, 0.3) is 0 Å². The first kappa shape index (κ1) is 13.5. The fourth-order valence-corrected chi connectivity index (χ4v) is 3.47. The standard InChI is InChI=1S/C14H20N2O4/c17-11-14(6-2-3-7-14)12(18)16(13(19)15-11)9-10-5-1-4-8-20-10/h10H,1-9H2,(H,15,17,19). The monoisotopic (exact) mass is 280 g/mol. The van der Waals surface area contributed by atoms with E-state index in [1.165, 1.54) is 4.90 Å². The molecule has 1 spiro atoms. The van der Waals surface area contributed by atoms with Gasteiger partial charge in [0.25, 0.3) is 0 Å². The number of nitrogens with zero attached hydrogens (tertiary/aromatic N) is 1. The zero-order valence-corrected chi connectivity index (χ0v) is 11.5. The third-order valence-corrected chi connectivity index (χ3v) is 4.67. The van der Waals surface area contributed by atoms with Gasteiger partial charge in [0.15, 0.2) is 0 Å². The molecule has 4 amide bonds. The molecule has 2 heterocycles. The van der Waals surface area contributed by atoms with Crippen molar-refractivity contribution >= 4 is 17.8 Å². The third kappa shape index (κ3) is 2.12. The number of imide groups is 2. The molecule has 0 radical (unpaired) electrons. The van der Waals surface area contributed by atoms with Crippen molar-refractivity contribution in [2.45, 2.75) is 51.0 Å². The Bertz CT molecular complexity index is 436. The molecule has 0 aromatic carbocycles. The maximum atomic E-state index is 12.6. The zero-order chi connectivity index (χ0) is 14.2. The number of carbonyl (C=O) groups is 3. The Labute approximate surface area is 117 Å². The number of hydrogen-bond donors (Lipinski definition) is 1. The van der Waals surface area contributed by atoms with Crippen LogP contribution in [-0.4, -0.2) is 42.0 Å². The summed E-state index contributed by atoms with van der Waals surface area (Å²) in [5.74, 6) is -0.733. The van der Waals surface area contributed by atoms with E-state index >= 15 is 0 Å². The summed E-state index contributed by atoms with van der Waals surface area (Å²) < 4.78 is 5.60. The maximum Gasteiger partial charge on any atom is 0.330 e. The molecule has 1 saturated carbocycles. The molecule has 3 aliphatic rings. The molecule has 6 heteroatoms. The molecule has 3 fully saturated rings. The van der Waals surface area contributed by atoms with Gasteiger partial charge >= 0.3 is 6.03 Å². The van der Waals surface area contributed by atoms with Gasteiger partial charge in [-0.2, -0.15) is 0 Å². The second kappa shape index (κ2) is 5.16. The summed E-state index contributed by atoms with van der Waals surface area (Å²) in [5, 5.41) is 2.35. The van der Waals surface area contributed by atoms with E-state index in [9.17, 15) is 14.4 Å². The Balaban J connectivity index is 1.77. The predicted molar refractivity (Wildman–Crippen MR) is 69.7 cm³/mol. The molecule has 1 aliphatic carbocycles. The number of urea groups is 1. The van der Waals surface area contributed by atoms with Gasteiger partial charge in [0.1, 0.15) is 5.41 Å². The van der Waals surface area contributed by atoms with Crippen molar-refractivity contribution in [2.75, 3.05) is 13.2 Å². The number of ether oxygens (including phenoxy) is 1. The van der Waals surface area contributed by atoms with Crippen LogP contribution >= 0.6 is 0 Å². The summed E-state index contributed by atoms with van der Waals surface area (Å²) in [6.45, 7) is 0.943. The molecule has 20 heavy (non-hydrogen) atoms. The van der Waals surface area contributed by atoms with Gasteiger partial charge in [-0.25, -0.2) is 4.79 Å². The molecule has 110 valence electrons. The number of hydrogen-bond acceptors (Lipinski definition) is 4. The molecule has 0 aromatic rings. The first-order chi connectivity index (χ1) is 9.63. The first-order valence-electron chi connectivity index (χ1n) is 7.42. The lowest BCUT2D eigenvalue weighted by Gasteiger charge is -2.38. The molecule has 2 saturated heterocycles. The Morgan fingerprint density at radius 3 is 2.55 bits per heavy atom. The second-order valence-electron chi connectivity index (χ2n) is 5.95. The molecule has 1 N–H and O–H groups in total. The van der Waals surface area contributed by atoms with E-state index in [1.54, 1.807) is 0 Å². The topological polar surface area (TPSA) is 75.7 Å². The fraction of sp³-hybridized carbons (Fsp3) is 0.786. The van der Waals surface area contributed by atoms with E-state index in [0.29, 0.717) is 19.4 Å². The molecule has 3 rings (SSSR count). The molecule has 0 bridgehead atoms. The third-order valence-electron chi connectivity index (χ3n) is 4.67. The van der Waals surface area contributed by atoms with Crippen molar-refractivity contribution < 1.29 is 19.1 Å². The Morgan fingerprint density at radius 1 is 1.15 bits per heavy atom. The second-order valence-corrected chi connectivity index (χ2v) is 5.95. The van der Waals surface area contributed by atoms with Gasteiger partial charge in [0.05, 0.1) is 12.6 Å². The SMILES string of the molecule is O=C1NC(=O)C2(CCCC2)C(=O)N1CC1CCCCO1. The molecule has 2 aliphatic heterocycles. The predicted octanol–water partition coefficient (Wildman–Crippen LogP) is 1.19. The van der Waals surface area contributed by atoms with E-state index in [4.69, 9.17) is 4.74 Å². The molecule has 1 unspecified atom stereocenters. The van der Waals surface area contributed by atoms with Crippen molar-refractivity contribution in [3.05, 3.63) is 0 Å². The molecule has 1 atom stereocenters. The summed E-state index contributed by atoms with van der Waals surface area (Å²) >= 11 is 0. The van der Waals surface area contributed by atoms with Crippen LogP contribution in [0.1, 0.15) is 44.9 Å². The Hall–Kier alpha value is -1.43. The number of rotatable bonds is 2. The largest absolute Gasteiger partial charge is 0.376 e. The van der Waals surface area contributed by atoms with Crippen LogP contribution in [0.2, 0.25) is 0 Å². The highest BCUT2D eigenvalue weighted by Crippen LogP contribution is 2.41. The van der Waals surface area contributed by atoms with Crippen LogP contribution in [0, 0.1) is 5.41 Å². The van der Waals surface area contributed by atoms with Gasteiger partial charge in [0.2, 0.25) is 11.8 Å². The number of barbiturate groups is 1. The van der Waals surface area contributed by atoms with Crippen molar-refractivity contribution in [2.24, 2.45) is 5.41 Å². The minimum atomic E-state index is -0.997. The summed E-state index contributed by atoms with van der Waals surface area (Å²) in [6, 6.07) is -0.591. The first-order valence-corrected chi connectivity index (χ1v) is 7.42. The highest BCUT2D eigenvalue weighted by atomic mass is 16.5. The van der Waals surface area contributed by atoms with E-state index in [0.717, 1.165) is 32.1 Å². The minimum Gasteiger partial charge on any atom is -0.376 e. The highest BCUT2D eigenvalue weighted by molar-refractivity contribution is 6.19. The van der Waals surface area contributed by atoms with Gasteiger partial charge in [-0.1, -0.05) is 12.8 Å². The van der Waals surface area contributed by atoms with Crippen LogP contribution in [0.5, 0.6) is 0 Å². The van der Waals surface area contributed by atoms with Crippen LogP contribution in [0.3, 0.4) is 0 Å². The van der Waals surface area contributed by atoms with Crippen molar-refractivity contribution in [3.8, 4) is 0 Å². The van der Waals surface area contributed by atoms with Gasteiger partial charge < -0.3 is 4.74 Å². The van der Waals surface area contributed by atoms with Gasteiger partial charge in [-0.15, -0.1) is 0 Å². The van der Waals surface area contributed by atoms with E-state index in [1.807, 2.05) is 0 Å². The van der Waals surface area contributed by atoms with Crippen molar-refractivity contribution in [1.82, 2.24) is 10.2 Å². The van der Waals surface area contributed by atoms with Gasteiger partial charge in [-0.3, -0.25) is 19.8 Å². The van der Waals surface area contributed by atoms with Crippen LogP contribution in [0.15, 0.2) is 0 Å². The summed E-state index contributed by atoms with van der Waals surface area (Å²) in [5.41, 5.74) is -0.997. The molecule has 0 aromatic heterocycles. The quantitative estimate of drug-likeness (QED) is 0.771. The Kier molecular flexibility index (Phi) is 3.50. The lowest BCUT2D eigenvalue weighted by atomic mass is 9.82. The minimum absolute atomic E-state index is 0.0925. The Morgan fingerprint density at radius 2 is 1.90 bits per heavy atom. The maximum absolute atomic E-state index is 12.6. The van der Waals surface area contributed by atoms with Crippen LogP contribution in [-0.2, 0) is 14.3 Å². The average molecular weight is 280 g/mol. The van der Waals surface area contributed by atoms with Crippen LogP contribution < -0.4 is 5.32 Å². The fourth-order valence-electron chi connectivity index (χ4n) is 3.47. The van der Waals surface area contributed by atoms with E-state index < -0.39 is 17.4 Å². The van der Waals surface area contributed by atoms with E-state index in [-0.39, 0.29) is 18.6 Å². The van der Waals surface area contributed by atoms with Crippen LogP contribution in [0.4, 0.5) is 4.79 Å². The summed E-state index contributed by atoms with van der Waals surface area (Å²) in [6.07, 6.45) is 5.67. The smallest absolute Gasteiger partial charge is 0.330 e.